The molecule has 0 amide bonds. The summed E-state index contributed by atoms with van der Waals surface area (Å²) in [6.07, 6.45) is 2.19. The number of ether oxygens (including phenoxy) is 1. The molecule has 0 radical (unpaired) electrons. The van der Waals surface area contributed by atoms with Crippen molar-refractivity contribution in [2.24, 2.45) is 5.16 Å². The van der Waals surface area contributed by atoms with E-state index in [4.69, 9.17) is 32.8 Å². The second-order valence-corrected chi connectivity index (χ2v) is 8.81. The molecule has 0 aliphatic heterocycles. The fraction of sp³-hybridized carbons (Fsp3) is 0.308. The summed E-state index contributed by atoms with van der Waals surface area (Å²) < 4.78 is 8.04. The van der Waals surface area contributed by atoms with Crippen LogP contribution < -0.4 is 0 Å². The van der Waals surface area contributed by atoms with Gasteiger partial charge in [0.1, 0.15) is 12.3 Å². The molecule has 0 fully saturated rings. The number of hydrogen-bond donors (Lipinski definition) is 0. The first kappa shape index (κ1) is 23.4. The van der Waals surface area contributed by atoms with Crippen LogP contribution in [0.5, 0.6) is 0 Å². The predicted molar refractivity (Wildman–Crippen MR) is 131 cm³/mol. The van der Waals surface area contributed by atoms with Gasteiger partial charge in [0.2, 0.25) is 0 Å². The number of aromatic nitrogens is 1. The van der Waals surface area contributed by atoms with Crippen LogP contribution >= 0.6 is 23.2 Å². The Morgan fingerprint density at radius 2 is 1.85 bits per heavy atom. The number of fused-ring (bicyclic) bond motifs is 1. The largest absolute Gasteiger partial charge is 0.474 e. The zero-order valence-corrected chi connectivity index (χ0v) is 20.2. The molecule has 172 valence electrons. The minimum absolute atomic E-state index is 0.156. The fourth-order valence-corrected chi connectivity index (χ4v) is 4.58. The lowest BCUT2D eigenvalue weighted by atomic mass is 9.93. The first-order valence-electron chi connectivity index (χ1n) is 11.1. The highest BCUT2D eigenvalue weighted by molar-refractivity contribution is 6.42. The number of ketones is 1. The van der Waals surface area contributed by atoms with Crippen molar-refractivity contribution in [2.75, 3.05) is 6.61 Å². The maximum absolute atomic E-state index is 12.8. The first-order valence-corrected chi connectivity index (χ1v) is 11.8. The van der Waals surface area contributed by atoms with E-state index >= 15 is 0 Å². The van der Waals surface area contributed by atoms with Crippen molar-refractivity contribution in [3.63, 3.8) is 0 Å². The number of halogens is 2. The van der Waals surface area contributed by atoms with Crippen molar-refractivity contribution in [3.05, 3.63) is 92.2 Å². The fourth-order valence-electron chi connectivity index (χ4n) is 4.26. The molecular weight excluding hydrogens is 459 g/mol. The molecule has 0 unspecified atom stereocenters. The van der Waals surface area contributed by atoms with Crippen LogP contribution in [0.3, 0.4) is 0 Å². The van der Waals surface area contributed by atoms with E-state index in [1.807, 2.05) is 56.3 Å². The van der Waals surface area contributed by atoms with Crippen molar-refractivity contribution in [1.29, 1.82) is 0 Å². The highest BCUT2D eigenvalue weighted by Gasteiger charge is 2.30. The predicted octanol–water partition coefficient (Wildman–Crippen LogP) is 6.59. The Labute approximate surface area is 203 Å². The van der Waals surface area contributed by atoms with Crippen LogP contribution in [0.15, 0.2) is 53.7 Å². The van der Waals surface area contributed by atoms with Crippen molar-refractivity contribution in [1.82, 2.24) is 4.57 Å². The average molecular weight is 485 g/mol. The zero-order valence-electron chi connectivity index (χ0n) is 18.7. The van der Waals surface area contributed by atoms with Crippen LogP contribution in [-0.4, -0.2) is 22.9 Å². The number of hydrogen-bond acceptors (Lipinski definition) is 4. The van der Waals surface area contributed by atoms with Crippen LogP contribution in [0.4, 0.5) is 0 Å². The molecule has 7 heteroatoms. The molecule has 0 spiro atoms. The normalized spacial score (nSPS) is 13.7. The third-order valence-corrected chi connectivity index (χ3v) is 6.48. The first-order chi connectivity index (χ1) is 16.0. The van der Waals surface area contributed by atoms with E-state index in [-0.39, 0.29) is 5.78 Å². The summed E-state index contributed by atoms with van der Waals surface area (Å²) in [4.78, 5) is 18.5. The van der Waals surface area contributed by atoms with Crippen molar-refractivity contribution >= 4 is 34.9 Å². The SMILES string of the molecule is CCO/C(=N\OCc1ccccc1)c1c(C)c2c(n1Cc1ccc(Cl)c(Cl)c1)CCCC2=O. The minimum atomic E-state index is 0.156. The van der Waals surface area contributed by atoms with E-state index in [0.29, 0.717) is 42.1 Å². The highest BCUT2D eigenvalue weighted by Crippen LogP contribution is 2.32. The number of carbonyl (C=O) groups is 1. The summed E-state index contributed by atoms with van der Waals surface area (Å²) in [5.74, 6) is 0.525. The number of nitrogens with zero attached hydrogens (tertiary/aromatic N) is 2. The molecular formula is C26H26Cl2N2O3. The van der Waals surface area contributed by atoms with E-state index in [1.165, 1.54) is 0 Å². The second kappa shape index (κ2) is 10.4. The van der Waals surface area contributed by atoms with E-state index in [2.05, 4.69) is 9.72 Å². The molecule has 2 aromatic carbocycles. The summed E-state index contributed by atoms with van der Waals surface area (Å²) >= 11 is 12.4. The number of Topliss-reactive ketones (excluding diaryl/α,β-unsaturated/α-hetero) is 1. The molecule has 0 atom stereocenters. The van der Waals surface area contributed by atoms with Gasteiger partial charge in [0.05, 0.1) is 16.7 Å². The van der Waals surface area contributed by atoms with E-state index in [9.17, 15) is 4.79 Å². The van der Waals surface area contributed by atoms with Gasteiger partial charge in [-0.2, -0.15) is 0 Å². The Balaban J connectivity index is 1.76. The summed E-state index contributed by atoms with van der Waals surface area (Å²) in [7, 11) is 0. The van der Waals surface area contributed by atoms with Crippen LogP contribution in [0.2, 0.25) is 10.0 Å². The summed E-state index contributed by atoms with van der Waals surface area (Å²) in [5, 5.41) is 5.36. The number of oxime groups is 1. The molecule has 33 heavy (non-hydrogen) atoms. The van der Waals surface area contributed by atoms with E-state index in [0.717, 1.165) is 46.5 Å². The molecule has 3 aromatic rings. The van der Waals surface area contributed by atoms with Crippen molar-refractivity contribution in [2.45, 2.75) is 46.3 Å². The van der Waals surface area contributed by atoms with Crippen molar-refractivity contribution in [3.8, 4) is 0 Å². The molecule has 0 N–H and O–H groups in total. The monoisotopic (exact) mass is 484 g/mol. The molecule has 1 heterocycles. The Morgan fingerprint density at radius 1 is 1.06 bits per heavy atom. The van der Waals surface area contributed by atoms with Gasteiger partial charge in [-0.05, 0) is 60.7 Å². The van der Waals surface area contributed by atoms with Gasteiger partial charge in [-0.3, -0.25) is 4.79 Å². The Morgan fingerprint density at radius 3 is 2.58 bits per heavy atom. The number of carbonyl (C=O) groups excluding carboxylic acids is 1. The summed E-state index contributed by atoms with van der Waals surface area (Å²) in [5.41, 5.74) is 5.38. The van der Waals surface area contributed by atoms with E-state index < -0.39 is 0 Å². The second-order valence-electron chi connectivity index (χ2n) is 8.00. The third-order valence-electron chi connectivity index (χ3n) is 5.74. The van der Waals surface area contributed by atoms with Gasteiger partial charge in [0, 0.05) is 24.2 Å². The molecule has 1 aliphatic rings. The standard InChI is InChI=1S/C26H26Cl2N2O3/c1-3-32-26(29-33-16-18-8-5-4-6-9-18)25-17(2)24-22(10-7-11-23(24)31)30(25)15-19-12-13-20(27)21(28)14-19/h4-6,8-9,12-14H,3,7,10-11,15-16H2,1-2H3/b29-26-. The van der Waals surface area contributed by atoms with Gasteiger partial charge < -0.3 is 14.1 Å². The Kier molecular flexibility index (Phi) is 7.41. The van der Waals surface area contributed by atoms with Gasteiger partial charge in [0.25, 0.3) is 5.90 Å². The molecule has 5 nitrogen and oxygen atoms in total. The van der Waals surface area contributed by atoms with Crippen LogP contribution in [-0.2, 0) is 29.1 Å². The zero-order chi connectivity index (χ0) is 23.4. The number of rotatable bonds is 7. The van der Waals surface area contributed by atoms with Crippen molar-refractivity contribution < 1.29 is 14.4 Å². The molecule has 0 bridgehead atoms. The minimum Gasteiger partial charge on any atom is -0.474 e. The Hall–Kier alpha value is -2.76. The lowest BCUT2D eigenvalue weighted by molar-refractivity contribution is 0.0971. The van der Waals surface area contributed by atoms with Gasteiger partial charge in [-0.15, -0.1) is 0 Å². The van der Waals surface area contributed by atoms with Gasteiger partial charge in [-0.25, -0.2) is 0 Å². The molecule has 1 aromatic heterocycles. The molecule has 4 rings (SSSR count). The maximum Gasteiger partial charge on any atom is 0.274 e. The maximum atomic E-state index is 12.8. The van der Waals surface area contributed by atoms with Gasteiger partial charge in [-0.1, -0.05) is 59.6 Å². The quantitative estimate of drug-likeness (QED) is 0.216. The van der Waals surface area contributed by atoms with Crippen LogP contribution in [0.25, 0.3) is 0 Å². The highest BCUT2D eigenvalue weighted by atomic mass is 35.5. The lowest BCUT2D eigenvalue weighted by Gasteiger charge is -2.17. The number of benzene rings is 2. The van der Waals surface area contributed by atoms with Crippen LogP contribution in [0.1, 0.15) is 58.2 Å². The van der Waals surface area contributed by atoms with Gasteiger partial charge in [0.15, 0.2) is 5.78 Å². The van der Waals surface area contributed by atoms with Crippen LogP contribution in [0, 0.1) is 6.92 Å². The molecule has 1 aliphatic carbocycles. The van der Waals surface area contributed by atoms with E-state index in [1.54, 1.807) is 6.07 Å². The summed E-state index contributed by atoms with van der Waals surface area (Å²) in [6, 6.07) is 15.4. The average Bonchev–Trinajstić information content (AvgIpc) is 3.09. The summed E-state index contributed by atoms with van der Waals surface area (Å²) in [6.45, 7) is 5.11. The topological polar surface area (TPSA) is 52.8 Å². The Bertz CT molecular complexity index is 1190. The third kappa shape index (κ3) is 5.10. The lowest BCUT2D eigenvalue weighted by Crippen LogP contribution is -2.18. The molecule has 0 saturated heterocycles. The van der Waals surface area contributed by atoms with Gasteiger partial charge >= 0.3 is 0 Å². The molecule has 0 saturated carbocycles. The smallest absolute Gasteiger partial charge is 0.274 e.